The monoisotopic (exact) mass is 396 g/mol. The molecule has 0 saturated carbocycles. The van der Waals surface area contributed by atoms with Gasteiger partial charge in [-0.25, -0.2) is 0 Å². The van der Waals surface area contributed by atoms with E-state index in [4.69, 9.17) is 32.7 Å². The molecule has 2 aromatic carbocycles. The van der Waals surface area contributed by atoms with E-state index < -0.39 is 17.9 Å². The molecule has 1 atom stereocenters. The Morgan fingerprint density at radius 1 is 1.00 bits per heavy atom. The van der Waals surface area contributed by atoms with E-state index >= 15 is 0 Å². The maximum atomic E-state index is 12.1. The van der Waals surface area contributed by atoms with Gasteiger partial charge in [0.1, 0.15) is 11.5 Å². The topological polar surface area (TPSA) is 76.7 Å². The molecule has 0 radical (unpaired) electrons. The van der Waals surface area contributed by atoms with Crippen molar-refractivity contribution < 1.29 is 19.1 Å². The molecule has 6 nitrogen and oxygen atoms in total. The Hall–Kier alpha value is -2.44. The summed E-state index contributed by atoms with van der Waals surface area (Å²) in [5.41, 5.74) is 4.81. The molecule has 2 aromatic rings. The summed E-state index contributed by atoms with van der Waals surface area (Å²) in [4.78, 5) is 24.1. The van der Waals surface area contributed by atoms with Crippen LogP contribution < -0.4 is 20.3 Å². The molecule has 8 heteroatoms. The Balaban J connectivity index is 1.87. The van der Waals surface area contributed by atoms with E-state index in [1.54, 1.807) is 31.2 Å². The predicted molar refractivity (Wildman–Crippen MR) is 99.8 cm³/mol. The highest BCUT2D eigenvalue weighted by atomic mass is 35.5. The minimum absolute atomic E-state index is 0.225. The van der Waals surface area contributed by atoms with Crippen LogP contribution in [0.2, 0.25) is 10.0 Å². The number of rotatable bonds is 6. The Bertz CT molecular complexity index is 761. The van der Waals surface area contributed by atoms with Crippen LogP contribution in [-0.4, -0.2) is 24.5 Å². The van der Waals surface area contributed by atoms with E-state index in [9.17, 15) is 9.59 Å². The lowest BCUT2D eigenvalue weighted by atomic mass is 10.2. The third-order valence-electron chi connectivity index (χ3n) is 3.24. The van der Waals surface area contributed by atoms with Crippen LogP contribution in [-0.2, 0) is 4.79 Å². The van der Waals surface area contributed by atoms with Crippen molar-refractivity contribution in [2.75, 3.05) is 6.61 Å². The number of benzene rings is 2. The van der Waals surface area contributed by atoms with Crippen molar-refractivity contribution in [1.29, 1.82) is 0 Å². The van der Waals surface area contributed by atoms with Crippen molar-refractivity contribution in [3.63, 3.8) is 0 Å². The van der Waals surface area contributed by atoms with Gasteiger partial charge in [-0.15, -0.1) is 0 Å². The summed E-state index contributed by atoms with van der Waals surface area (Å²) < 4.78 is 10.9. The highest BCUT2D eigenvalue weighted by Gasteiger charge is 2.16. The van der Waals surface area contributed by atoms with Crippen LogP contribution in [0.15, 0.2) is 42.5 Å². The van der Waals surface area contributed by atoms with Crippen molar-refractivity contribution in [3.05, 3.63) is 58.1 Å². The van der Waals surface area contributed by atoms with Gasteiger partial charge >= 0.3 is 0 Å². The molecule has 0 saturated heterocycles. The zero-order chi connectivity index (χ0) is 19.1. The van der Waals surface area contributed by atoms with Crippen molar-refractivity contribution in [3.8, 4) is 11.5 Å². The van der Waals surface area contributed by atoms with E-state index in [0.29, 0.717) is 28.2 Å². The lowest BCUT2D eigenvalue weighted by Crippen LogP contribution is -2.47. The number of ether oxygens (including phenoxy) is 2. The number of carbonyl (C=O) groups is 2. The molecule has 0 aliphatic carbocycles. The molecule has 1 unspecified atom stereocenters. The van der Waals surface area contributed by atoms with Gasteiger partial charge in [0.2, 0.25) is 0 Å². The number of carbonyl (C=O) groups excluding carboxylic acids is 2. The summed E-state index contributed by atoms with van der Waals surface area (Å²) in [5.74, 6) is 0.157. The molecule has 2 N–H and O–H groups in total. The molecule has 2 rings (SSSR count). The Labute approximate surface area is 161 Å². The van der Waals surface area contributed by atoms with Gasteiger partial charge in [0.25, 0.3) is 11.8 Å². The second kappa shape index (κ2) is 9.31. The van der Waals surface area contributed by atoms with Crippen LogP contribution in [0.5, 0.6) is 11.5 Å². The molecule has 26 heavy (non-hydrogen) atoms. The van der Waals surface area contributed by atoms with Gasteiger partial charge in [0.05, 0.1) is 6.61 Å². The van der Waals surface area contributed by atoms with Crippen molar-refractivity contribution >= 4 is 35.0 Å². The molecule has 0 bridgehead atoms. The van der Waals surface area contributed by atoms with Gasteiger partial charge < -0.3 is 9.47 Å². The lowest BCUT2D eigenvalue weighted by molar-refractivity contribution is -0.128. The highest BCUT2D eigenvalue weighted by molar-refractivity contribution is 6.35. The van der Waals surface area contributed by atoms with Crippen LogP contribution in [0.4, 0.5) is 0 Å². The second-order valence-electron chi connectivity index (χ2n) is 5.27. The fourth-order valence-corrected chi connectivity index (χ4v) is 2.54. The van der Waals surface area contributed by atoms with Crippen LogP contribution in [0.3, 0.4) is 0 Å². The molecule has 0 aliphatic heterocycles. The van der Waals surface area contributed by atoms with Gasteiger partial charge in [-0.2, -0.15) is 0 Å². The highest BCUT2D eigenvalue weighted by Crippen LogP contribution is 2.19. The minimum Gasteiger partial charge on any atom is -0.494 e. The molecular formula is C18H18Cl2N2O4. The fourth-order valence-electron chi connectivity index (χ4n) is 2.02. The Kier molecular flexibility index (Phi) is 7.12. The smallest absolute Gasteiger partial charge is 0.279 e. The molecule has 0 fully saturated rings. The summed E-state index contributed by atoms with van der Waals surface area (Å²) in [5, 5.41) is 0.641. The molecule has 0 heterocycles. The third kappa shape index (κ3) is 5.82. The summed E-state index contributed by atoms with van der Waals surface area (Å²) in [6.07, 6.45) is -0.823. The average Bonchev–Trinajstić information content (AvgIpc) is 2.60. The van der Waals surface area contributed by atoms with Crippen molar-refractivity contribution in [2.45, 2.75) is 20.0 Å². The van der Waals surface area contributed by atoms with Crippen molar-refractivity contribution in [1.82, 2.24) is 10.9 Å². The first-order valence-electron chi connectivity index (χ1n) is 7.85. The first kappa shape index (κ1) is 19.9. The van der Waals surface area contributed by atoms with Gasteiger partial charge in [-0.3, -0.25) is 20.4 Å². The van der Waals surface area contributed by atoms with E-state index in [-0.39, 0.29) is 5.56 Å². The fraction of sp³-hybridized carbons (Fsp3) is 0.222. The van der Waals surface area contributed by atoms with Crippen LogP contribution in [0.1, 0.15) is 24.2 Å². The molecule has 0 spiro atoms. The van der Waals surface area contributed by atoms with Crippen molar-refractivity contribution in [2.24, 2.45) is 0 Å². The zero-order valence-electron chi connectivity index (χ0n) is 14.2. The summed E-state index contributed by atoms with van der Waals surface area (Å²) >= 11 is 11.7. The van der Waals surface area contributed by atoms with Crippen LogP contribution in [0.25, 0.3) is 0 Å². The molecule has 2 amide bonds. The van der Waals surface area contributed by atoms with Gasteiger partial charge in [-0.05, 0) is 56.3 Å². The number of hydrogen-bond donors (Lipinski definition) is 2. The maximum Gasteiger partial charge on any atom is 0.279 e. The number of halogens is 2. The quantitative estimate of drug-likeness (QED) is 0.730. The normalized spacial score (nSPS) is 11.4. The second-order valence-corrected chi connectivity index (χ2v) is 6.14. The first-order valence-corrected chi connectivity index (χ1v) is 8.60. The number of amides is 2. The zero-order valence-corrected chi connectivity index (χ0v) is 15.7. The molecule has 138 valence electrons. The molecule has 0 aromatic heterocycles. The first-order chi connectivity index (χ1) is 12.4. The SMILES string of the molecule is CCOc1ccc(OC(C)C(=O)NNC(=O)c2cc(Cl)cc(Cl)c2)cc1. The lowest BCUT2D eigenvalue weighted by Gasteiger charge is -2.15. The Morgan fingerprint density at radius 3 is 2.15 bits per heavy atom. The number of nitrogens with one attached hydrogen (secondary N) is 2. The average molecular weight is 397 g/mol. The standard InChI is InChI=1S/C18H18Cl2N2O4/c1-3-25-15-4-6-16(7-5-15)26-11(2)17(23)21-22-18(24)12-8-13(19)10-14(20)9-12/h4-11H,3H2,1-2H3,(H,21,23)(H,22,24). The van der Waals surface area contributed by atoms with E-state index in [2.05, 4.69) is 10.9 Å². The summed E-state index contributed by atoms with van der Waals surface area (Å²) in [7, 11) is 0. The Morgan fingerprint density at radius 2 is 1.58 bits per heavy atom. The van der Waals surface area contributed by atoms with Crippen LogP contribution in [0, 0.1) is 0 Å². The maximum absolute atomic E-state index is 12.1. The predicted octanol–water partition coefficient (Wildman–Crippen LogP) is 3.62. The van der Waals surface area contributed by atoms with Gasteiger partial charge in [0.15, 0.2) is 6.10 Å². The molecular weight excluding hydrogens is 379 g/mol. The van der Waals surface area contributed by atoms with E-state index in [0.717, 1.165) is 0 Å². The largest absolute Gasteiger partial charge is 0.494 e. The van der Waals surface area contributed by atoms with E-state index in [1.807, 2.05) is 6.92 Å². The number of hydrazine groups is 1. The summed E-state index contributed by atoms with van der Waals surface area (Å²) in [6.45, 7) is 4.02. The minimum atomic E-state index is -0.823. The van der Waals surface area contributed by atoms with Crippen LogP contribution >= 0.6 is 23.2 Å². The van der Waals surface area contributed by atoms with E-state index in [1.165, 1.54) is 18.2 Å². The summed E-state index contributed by atoms with van der Waals surface area (Å²) in [6, 6.07) is 11.3. The number of hydrogen-bond acceptors (Lipinski definition) is 4. The molecule has 0 aliphatic rings. The third-order valence-corrected chi connectivity index (χ3v) is 3.68. The van der Waals surface area contributed by atoms with Gasteiger partial charge in [-0.1, -0.05) is 23.2 Å². The van der Waals surface area contributed by atoms with Gasteiger partial charge in [0, 0.05) is 15.6 Å².